The molecule has 0 amide bonds. The van der Waals surface area contributed by atoms with E-state index in [4.69, 9.17) is 9.72 Å². The van der Waals surface area contributed by atoms with Crippen molar-refractivity contribution >= 4 is 33.4 Å². The molecule has 0 saturated heterocycles. The second-order valence-corrected chi connectivity index (χ2v) is 6.38. The van der Waals surface area contributed by atoms with E-state index in [0.29, 0.717) is 5.95 Å². The molecular formula is C22H17N5O. The second kappa shape index (κ2) is 6.66. The largest absolute Gasteiger partial charge is 0.497 e. The van der Waals surface area contributed by atoms with Gasteiger partial charge in [0.15, 0.2) is 5.65 Å². The summed E-state index contributed by atoms with van der Waals surface area (Å²) >= 11 is 0. The Morgan fingerprint density at radius 2 is 1.68 bits per heavy atom. The Morgan fingerprint density at radius 1 is 0.857 bits per heavy atom. The first-order chi connectivity index (χ1) is 13.8. The van der Waals surface area contributed by atoms with Gasteiger partial charge in [-0.25, -0.2) is 9.67 Å². The van der Waals surface area contributed by atoms with E-state index in [1.807, 2.05) is 48.5 Å². The lowest BCUT2D eigenvalue weighted by Crippen LogP contribution is -2.01. The smallest absolute Gasteiger partial charge is 0.229 e. The summed E-state index contributed by atoms with van der Waals surface area (Å²) in [6.45, 7) is 0. The molecule has 0 aliphatic heterocycles. The van der Waals surface area contributed by atoms with E-state index in [-0.39, 0.29) is 0 Å². The van der Waals surface area contributed by atoms with Gasteiger partial charge in [-0.15, -0.1) is 0 Å². The quantitative estimate of drug-likeness (QED) is 0.498. The van der Waals surface area contributed by atoms with Crippen LogP contribution >= 0.6 is 0 Å². The van der Waals surface area contributed by atoms with Gasteiger partial charge in [0, 0.05) is 17.3 Å². The van der Waals surface area contributed by atoms with Gasteiger partial charge >= 0.3 is 0 Å². The number of nitrogens with one attached hydrogen (secondary N) is 1. The molecule has 5 rings (SSSR count). The van der Waals surface area contributed by atoms with Crippen LogP contribution in [0.4, 0.5) is 11.6 Å². The summed E-state index contributed by atoms with van der Waals surface area (Å²) in [6, 6.07) is 22.1. The van der Waals surface area contributed by atoms with Crippen LogP contribution in [-0.2, 0) is 0 Å². The fourth-order valence-corrected chi connectivity index (χ4v) is 3.24. The summed E-state index contributed by atoms with van der Waals surface area (Å²) in [5, 5.41) is 11.0. The van der Waals surface area contributed by atoms with Crippen molar-refractivity contribution in [3.63, 3.8) is 0 Å². The molecule has 28 heavy (non-hydrogen) atoms. The third kappa shape index (κ3) is 2.81. The van der Waals surface area contributed by atoms with E-state index in [9.17, 15) is 0 Å². The first kappa shape index (κ1) is 16.3. The van der Waals surface area contributed by atoms with Crippen molar-refractivity contribution in [2.24, 2.45) is 0 Å². The van der Waals surface area contributed by atoms with Crippen molar-refractivity contribution in [2.75, 3.05) is 12.4 Å². The van der Waals surface area contributed by atoms with Crippen LogP contribution in [0.15, 0.2) is 79.1 Å². The molecule has 136 valence electrons. The van der Waals surface area contributed by atoms with Crippen molar-refractivity contribution in [1.82, 2.24) is 19.7 Å². The number of aromatic nitrogens is 4. The van der Waals surface area contributed by atoms with Crippen molar-refractivity contribution < 1.29 is 4.74 Å². The van der Waals surface area contributed by atoms with Gasteiger partial charge in [-0.3, -0.25) is 0 Å². The molecule has 0 bridgehead atoms. The first-order valence-corrected chi connectivity index (χ1v) is 8.92. The molecule has 0 atom stereocenters. The van der Waals surface area contributed by atoms with Gasteiger partial charge in [0.1, 0.15) is 5.75 Å². The number of hydrogen-bond acceptors (Lipinski definition) is 5. The summed E-state index contributed by atoms with van der Waals surface area (Å²) in [6.07, 6.45) is 3.55. The maximum atomic E-state index is 5.23. The molecule has 3 aromatic carbocycles. The molecule has 0 fully saturated rings. The molecule has 0 aliphatic carbocycles. The van der Waals surface area contributed by atoms with E-state index >= 15 is 0 Å². The van der Waals surface area contributed by atoms with Gasteiger partial charge in [-0.2, -0.15) is 10.1 Å². The minimum absolute atomic E-state index is 0.527. The zero-order valence-electron chi connectivity index (χ0n) is 15.2. The zero-order chi connectivity index (χ0) is 18.9. The van der Waals surface area contributed by atoms with Crippen molar-refractivity contribution in [3.05, 3.63) is 79.1 Å². The second-order valence-electron chi connectivity index (χ2n) is 6.38. The van der Waals surface area contributed by atoms with Crippen molar-refractivity contribution in [3.8, 4) is 11.4 Å². The van der Waals surface area contributed by atoms with Crippen LogP contribution < -0.4 is 10.1 Å². The van der Waals surface area contributed by atoms with Crippen LogP contribution in [0.1, 0.15) is 0 Å². The number of ether oxygens (including phenoxy) is 1. The summed E-state index contributed by atoms with van der Waals surface area (Å²) in [5.74, 6) is 1.33. The van der Waals surface area contributed by atoms with Gasteiger partial charge in [0.05, 0.1) is 24.4 Å². The average Bonchev–Trinajstić information content (AvgIpc) is 3.17. The fraction of sp³-hybridized carbons (Fsp3) is 0.0455. The Balaban J connectivity index is 1.55. The number of nitrogens with zero attached hydrogens (tertiary/aromatic N) is 4. The zero-order valence-corrected chi connectivity index (χ0v) is 15.2. The summed E-state index contributed by atoms with van der Waals surface area (Å²) in [5.41, 5.74) is 2.61. The summed E-state index contributed by atoms with van der Waals surface area (Å²) in [7, 11) is 1.65. The number of fused-ring (bicyclic) bond motifs is 2. The molecule has 0 unspecified atom stereocenters. The lowest BCUT2D eigenvalue weighted by molar-refractivity contribution is 0.414. The van der Waals surface area contributed by atoms with Gasteiger partial charge < -0.3 is 10.1 Å². The van der Waals surface area contributed by atoms with Crippen LogP contribution in [0, 0.1) is 0 Å². The maximum Gasteiger partial charge on any atom is 0.229 e. The lowest BCUT2D eigenvalue weighted by atomic mass is 10.1. The van der Waals surface area contributed by atoms with Crippen molar-refractivity contribution in [1.29, 1.82) is 0 Å². The van der Waals surface area contributed by atoms with E-state index in [2.05, 4.69) is 33.6 Å². The Kier molecular flexibility index (Phi) is 3.87. The minimum atomic E-state index is 0.527. The normalized spacial score (nSPS) is 11.0. The third-order valence-electron chi connectivity index (χ3n) is 4.66. The Hall–Kier alpha value is -3.93. The topological polar surface area (TPSA) is 64.9 Å². The highest BCUT2D eigenvalue weighted by Crippen LogP contribution is 2.26. The summed E-state index contributed by atoms with van der Waals surface area (Å²) in [4.78, 5) is 9.15. The molecule has 5 aromatic rings. The van der Waals surface area contributed by atoms with E-state index in [1.165, 1.54) is 0 Å². The molecule has 2 heterocycles. The van der Waals surface area contributed by atoms with Gasteiger partial charge in [-0.1, -0.05) is 36.4 Å². The van der Waals surface area contributed by atoms with Crippen LogP contribution in [-0.4, -0.2) is 26.9 Å². The molecule has 0 spiro atoms. The van der Waals surface area contributed by atoms with Gasteiger partial charge in [0.25, 0.3) is 0 Å². The Labute approximate surface area is 161 Å². The number of benzene rings is 3. The average molecular weight is 367 g/mol. The Morgan fingerprint density at radius 3 is 2.54 bits per heavy atom. The SMILES string of the molecule is COc1ccc(-n2ncc3cnc(Nc4cccc5ccccc45)nc32)cc1. The Bertz CT molecular complexity index is 1270. The first-order valence-electron chi connectivity index (χ1n) is 8.92. The highest BCUT2D eigenvalue weighted by molar-refractivity contribution is 5.95. The van der Waals surface area contributed by atoms with Gasteiger partial charge in [0.2, 0.25) is 5.95 Å². The van der Waals surface area contributed by atoms with E-state index < -0.39 is 0 Å². The predicted molar refractivity (Wildman–Crippen MR) is 110 cm³/mol. The van der Waals surface area contributed by atoms with E-state index in [1.54, 1.807) is 24.2 Å². The molecule has 2 aromatic heterocycles. The van der Waals surface area contributed by atoms with Crippen LogP contribution in [0.3, 0.4) is 0 Å². The highest BCUT2D eigenvalue weighted by Gasteiger charge is 2.10. The minimum Gasteiger partial charge on any atom is -0.497 e. The molecule has 0 saturated carbocycles. The number of methoxy groups -OCH3 is 1. The number of hydrogen-bond donors (Lipinski definition) is 1. The monoisotopic (exact) mass is 367 g/mol. The number of anilines is 2. The van der Waals surface area contributed by atoms with E-state index in [0.717, 1.165) is 38.9 Å². The molecule has 0 aliphatic rings. The predicted octanol–water partition coefficient (Wildman–Crippen LogP) is 4.72. The maximum absolute atomic E-state index is 5.23. The van der Waals surface area contributed by atoms with Gasteiger partial charge in [-0.05, 0) is 35.7 Å². The molecule has 6 nitrogen and oxygen atoms in total. The molecular weight excluding hydrogens is 350 g/mol. The van der Waals surface area contributed by atoms with Crippen LogP contribution in [0.25, 0.3) is 27.5 Å². The standard InChI is InChI=1S/C22H17N5O/c1-28-18-11-9-17(10-12-18)27-21-16(14-24-27)13-23-22(26-21)25-20-8-4-6-15-5-2-3-7-19(15)20/h2-14H,1H3,(H,23,25,26). The molecule has 0 radical (unpaired) electrons. The molecule has 1 N–H and O–H groups in total. The summed E-state index contributed by atoms with van der Waals surface area (Å²) < 4.78 is 7.03. The lowest BCUT2D eigenvalue weighted by Gasteiger charge is -2.09. The highest BCUT2D eigenvalue weighted by atomic mass is 16.5. The fourth-order valence-electron chi connectivity index (χ4n) is 3.24. The van der Waals surface area contributed by atoms with Crippen molar-refractivity contribution in [2.45, 2.75) is 0 Å². The molecule has 6 heteroatoms. The third-order valence-corrected chi connectivity index (χ3v) is 4.66. The number of rotatable bonds is 4. The van der Waals surface area contributed by atoms with Crippen LogP contribution in [0.2, 0.25) is 0 Å². The van der Waals surface area contributed by atoms with Crippen LogP contribution in [0.5, 0.6) is 5.75 Å².